The Labute approximate surface area is 394 Å². The van der Waals surface area contributed by atoms with E-state index < -0.39 is 12.2 Å². The first-order valence-electron chi connectivity index (χ1n) is 25.6. The molecule has 6 aliphatic rings. The summed E-state index contributed by atoms with van der Waals surface area (Å²) in [5.74, 6) is 1.33. The molecule has 0 amide bonds. The summed E-state index contributed by atoms with van der Waals surface area (Å²) in [5.41, 5.74) is 14.4. The van der Waals surface area contributed by atoms with Crippen molar-refractivity contribution >= 4 is 42.8 Å². The zero-order valence-electron chi connectivity index (χ0n) is 39.2. The summed E-state index contributed by atoms with van der Waals surface area (Å²) in [6.45, 7) is 6.56. The fourth-order valence-electron chi connectivity index (χ4n) is 12.3. The molecule has 3 aromatic rings. The van der Waals surface area contributed by atoms with Crippen LogP contribution in [0.3, 0.4) is 0 Å². The Morgan fingerprint density at radius 1 is 0.540 bits per heavy atom. The van der Waals surface area contributed by atoms with E-state index in [0.717, 1.165) is 28.3 Å². The predicted molar refractivity (Wildman–Crippen MR) is 273 cm³/mol. The molecular weight excluding hydrogens is 916 g/mol. The van der Waals surface area contributed by atoms with Crippen molar-refractivity contribution in [2.24, 2.45) is 10.9 Å². The van der Waals surface area contributed by atoms with Gasteiger partial charge in [-0.3, -0.25) is 0 Å². The molecule has 0 bridgehead atoms. The third kappa shape index (κ3) is 11.6. The number of rotatable bonds is 6. The number of aryl methyl sites for hydroxylation is 3. The molecule has 1 heterocycles. The fraction of sp³-hybridized carbons (Fsp3) is 0.579. The molecule has 9 rings (SSSR count). The van der Waals surface area contributed by atoms with E-state index in [0.29, 0.717) is 13.8 Å². The second kappa shape index (κ2) is 23.2. The van der Waals surface area contributed by atoms with Gasteiger partial charge in [0.05, 0.1) is 0 Å². The van der Waals surface area contributed by atoms with Crippen molar-refractivity contribution in [1.82, 2.24) is 0 Å². The van der Waals surface area contributed by atoms with Gasteiger partial charge in [0, 0.05) is 0 Å². The van der Waals surface area contributed by atoms with Gasteiger partial charge in [-0.15, -0.1) is 0 Å². The van der Waals surface area contributed by atoms with Gasteiger partial charge in [0.1, 0.15) is 0 Å². The Morgan fingerprint density at radius 3 is 1.48 bits per heavy atom. The normalized spacial score (nSPS) is 22.0. The van der Waals surface area contributed by atoms with Crippen molar-refractivity contribution in [3.8, 4) is 0 Å². The molecule has 0 saturated heterocycles. The van der Waals surface area contributed by atoms with Crippen LogP contribution in [-0.4, -0.2) is 30.2 Å². The van der Waals surface area contributed by atoms with Gasteiger partial charge in [-0.25, -0.2) is 0 Å². The van der Waals surface area contributed by atoms with E-state index in [1.54, 1.807) is 77.0 Å². The third-order valence-corrected chi connectivity index (χ3v) is 26.2. The number of benzene rings is 3. The topological polar surface area (TPSA) is 15.4 Å². The monoisotopic (exact) mass is 993 g/mol. The van der Waals surface area contributed by atoms with Crippen LogP contribution in [0.1, 0.15) is 206 Å². The number of aliphatic imine (C=N–C) groups is 1. The third-order valence-electron chi connectivity index (χ3n) is 15.4. The minimum atomic E-state index is -3.82. The van der Waals surface area contributed by atoms with E-state index in [9.17, 15) is 0 Å². The Hall–Kier alpha value is -1.89. The number of fused-ring (bicyclic) bond motifs is 1. The van der Waals surface area contributed by atoms with Crippen molar-refractivity contribution in [2.45, 2.75) is 205 Å². The number of hydrogen-bond donors (Lipinski definition) is 0. The summed E-state index contributed by atoms with van der Waals surface area (Å²) in [4.78, 5) is 5.22. The molecule has 0 N–H and O–H groups in total. The first kappa shape index (κ1) is 47.6. The van der Waals surface area contributed by atoms with E-state index >= 15 is 0 Å². The molecule has 3 aromatic carbocycles. The summed E-state index contributed by atoms with van der Waals surface area (Å²) in [6, 6.07) is 23.8. The van der Waals surface area contributed by atoms with Crippen LogP contribution in [0.4, 0.5) is 0 Å². The molecule has 1 aliphatic heterocycles. The first-order chi connectivity index (χ1) is 30.8. The summed E-state index contributed by atoms with van der Waals surface area (Å²) >= 11 is -3.82. The van der Waals surface area contributed by atoms with E-state index in [1.807, 2.05) is 0 Å². The standard InChI is InChI=1S/C24H35N2.C18H33P.C15H10.2ClH.Ru/c1-18-15-19(2)23(20(3)16-18)24-25-17-22(26-24)21-13-11-9-7-5-4-6-8-10-12-14-21;1-4-10-16(11-5-1)19(17-12-6-2-7-13-17)18-14-8-3-9-15-18;1-2-6-12(7-3-1)15-11-10-13-8-4-5-9-14(13)15;;;/h15-17,21H,4-14H2,1-3H3;16-18H,1-15H2;1-9,11H;2*1H;/q-1;;;;;+4/p-2. The SMILES string of the molecule is C1CCC(P(C2CCCCC2)C2CCCCC2)CC1.Cc1cc(C)c(C2=NC=C(C3CCCCCCCCCCC3)[N+]2=[Ru]([Cl])([Cl])=[C]2C=C(c3ccccc3)c3ccccc32)c(C)c1. The molecular formula is C57H78Cl2N2PRu+. The Balaban J connectivity index is 0.000000238. The van der Waals surface area contributed by atoms with Crippen LogP contribution in [0.15, 0.2) is 89.7 Å². The predicted octanol–water partition coefficient (Wildman–Crippen LogP) is 17.9. The van der Waals surface area contributed by atoms with Gasteiger partial charge in [0.15, 0.2) is 0 Å². The summed E-state index contributed by atoms with van der Waals surface area (Å²) in [7, 11) is 16.3. The molecule has 0 radical (unpaired) electrons. The second-order valence-electron chi connectivity index (χ2n) is 20.0. The van der Waals surface area contributed by atoms with E-state index in [4.69, 9.17) is 24.4 Å². The molecule has 0 aromatic heterocycles. The molecule has 5 aliphatic carbocycles. The second-order valence-corrected chi connectivity index (χ2v) is 32.1. The van der Waals surface area contributed by atoms with Gasteiger partial charge >= 0.3 is 276 Å². The maximum atomic E-state index is 7.96. The number of hydrogen-bond acceptors (Lipinski definition) is 1. The van der Waals surface area contributed by atoms with Crippen LogP contribution < -0.4 is 0 Å². The minimum absolute atomic E-state index is 0.385. The number of nitrogens with zero attached hydrogens (tertiary/aromatic N) is 2. The Bertz CT molecular complexity index is 2140. The van der Waals surface area contributed by atoms with Crippen LogP contribution in [-0.2, 0) is 12.2 Å². The quantitative estimate of drug-likeness (QED) is 0.173. The van der Waals surface area contributed by atoms with Crippen molar-refractivity contribution in [3.63, 3.8) is 0 Å². The molecule has 0 atom stereocenters. The molecule has 0 spiro atoms. The molecule has 63 heavy (non-hydrogen) atoms. The Morgan fingerprint density at radius 2 is 0.968 bits per heavy atom. The van der Waals surface area contributed by atoms with Gasteiger partial charge in [0.2, 0.25) is 0 Å². The van der Waals surface area contributed by atoms with Crippen molar-refractivity contribution in [2.75, 3.05) is 0 Å². The number of halogens is 2. The van der Waals surface area contributed by atoms with Crippen LogP contribution >= 0.6 is 27.3 Å². The van der Waals surface area contributed by atoms with E-state index in [-0.39, 0.29) is 0 Å². The van der Waals surface area contributed by atoms with Crippen molar-refractivity contribution in [3.05, 3.63) is 124 Å². The average molecular weight is 994 g/mol. The van der Waals surface area contributed by atoms with Gasteiger partial charge in [-0.2, -0.15) is 0 Å². The van der Waals surface area contributed by atoms with Gasteiger partial charge in [-0.1, -0.05) is 65.7 Å². The van der Waals surface area contributed by atoms with E-state index in [2.05, 4.69) is 103 Å². The van der Waals surface area contributed by atoms with Crippen LogP contribution in [0.5, 0.6) is 0 Å². The molecule has 6 heteroatoms. The molecule has 4 saturated carbocycles. The molecule has 4 fully saturated rings. The molecule has 2 nitrogen and oxygen atoms in total. The fourth-order valence-corrected chi connectivity index (χ4v) is 23.4. The van der Waals surface area contributed by atoms with Crippen molar-refractivity contribution in [1.29, 1.82) is 0 Å². The summed E-state index contributed by atoms with van der Waals surface area (Å²) < 4.78 is 3.45. The maximum absolute atomic E-state index is 7.96. The van der Waals surface area contributed by atoms with Gasteiger partial charge in [-0.05, 0) is 55.5 Å². The number of allylic oxidation sites excluding steroid dienone is 2. The summed E-state index contributed by atoms with van der Waals surface area (Å²) in [6.07, 6.45) is 42.3. The zero-order chi connectivity index (χ0) is 43.6. The van der Waals surface area contributed by atoms with E-state index in [1.165, 1.54) is 139 Å². The average Bonchev–Trinajstić information content (AvgIpc) is 3.92. The summed E-state index contributed by atoms with van der Waals surface area (Å²) in [5, 5.41) is 0. The Kier molecular flexibility index (Phi) is 17.5. The van der Waals surface area contributed by atoms with Crippen LogP contribution in [0.25, 0.3) is 5.57 Å². The van der Waals surface area contributed by atoms with Crippen LogP contribution in [0, 0.1) is 26.7 Å². The molecule has 0 unspecified atom stereocenters. The molecule has 342 valence electrons. The zero-order valence-corrected chi connectivity index (χ0v) is 43.3. The first-order valence-corrected chi connectivity index (χ1v) is 33.3. The number of amidine groups is 1. The van der Waals surface area contributed by atoms with Gasteiger partial charge < -0.3 is 0 Å². The van der Waals surface area contributed by atoms with Crippen LogP contribution in [0.2, 0.25) is 0 Å². The van der Waals surface area contributed by atoms with Crippen molar-refractivity contribution < 1.29 is 15.4 Å². The van der Waals surface area contributed by atoms with Gasteiger partial charge in [0.25, 0.3) is 0 Å².